The fourth-order valence-electron chi connectivity index (χ4n) is 4.92. The van der Waals surface area contributed by atoms with Crippen LogP contribution in [0.2, 0.25) is 0 Å². The lowest BCUT2D eigenvalue weighted by molar-refractivity contribution is -0.137. The van der Waals surface area contributed by atoms with Crippen LogP contribution in [0.4, 0.5) is 27.8 Å². The number of piperidine rings is 1. The van der Waals surface area contributed by atoms with E-state index in [2.05, 4.69) is 36.8 Å². The van der Waals surface area contributed by atoms with Gasteiger partial charge in [-0.3, -0.25) is 14.8 Å². The van der Waals surface area contributed by atoms with Crippen molar-refractivity contribution in [1.82, 2.24) is 25.0 Å². The zero-order valence-electron chi connectivity index (χ0n) is 19.8. The van der Waals surface area contributed by atoms with Crippen LogP contribution in [0.3, 0.4) is 0 Å². The number of fused-ring (bicyclic) bond motifs is 1. The van der Waals surface area contributed by atoms with Gasteiger partial charge in [-0.05, 0) is 25.1 Å². The third-order valence-corrected chi connectivity index (χ3v) is 7.08. The van der Waals surface area contributed by atoms with Crippen LogP contribution in [0, 0.1) is 0 Å². The Bertz CT molecular complexity index is 1210. The maximum absolute atomic E-state index is 13.5. The van der Waals surface area contributed by atoms with Crippen molar-refractivity contribution in [2.75, 3.05) is 44.3 Å². The molecular formula is C25H27F5N6. The topological polar surface area (TPSA) is 48.4 Å². The normalized spacial score (nSPS) is 21.7. The van der Waals surface area contributed by atoms with Crippen LogP contribution in [-0.2, 0) is 6.18 Å². The Balaban J connectivity index is 1.34. The third kappa shape index (κ3) is 5.12. The summed E-state index contributed by atoms with van der Waals surface area (Å²) < 4.78 is 65.9. The number of nitrogens with zero attached hydrogens (tertiary/aromatic N) is 6. The molecule has 0 saturated carbocycles. The number of piperazine rings is 1. The van der Waals surface area contributed by atoms with Crippen LogP contribution in [0.15, 0.2) is 42.7 Å². The molecule has 2 saturated heterocycles. The molecule has 1 aromatic carbocycles. The summed E-state index contributed by atoms with van der Waals surface area (Å²) in [6.07, 6.45) is -1.26. The zero-order valence-corrected chi connectivity index (χ0v) is 19.8. The maximum atomic E-state index is 13.5. The van der Waals surface area contributed by atoms with E-state index in [-0.39, 0.29) is 18.9 Å². The molecule has 5 rings (SSSR count). The Labute approximate surface area is 205 Å². The van der Waals surface area contributed by atoms with Crippen LogP contribution in [0.5, 0.6) is 0 Å². The molecular weight excluding hydrogens is 479 g/mol. The van der Waals surface area contributed by atoms with Gasteiger partial charge in [0.2, 0.25) is 0 Å². The number of pyridine rings is 1. The third-order valence-electron chi connectivity index (χ3n) is 7.08. The number of likely N-dealkylation sites (tertiary alicyclic amines) is 1. The Hall–Kier alpha value is -2.92. The van der Waals surface area contributed by atoms with Crippen LogP contribution in [0.25, 0.3) is 22.0 Å². The summed E-state index contributed by atoms with van der Waals surface area (Å²) in [5.41, 5.74) is 0.328. The predicted octanol–water partition coefficient (Wildman–Crippen LogP) is 4.91. The van der Waals surface area contributed by atoms with Gasteiger partial charge in [-0.1, -0.05) is 12.1 Å². The summed E-state index contributed by atoms with van der Waals surface area (Å²) in [5, 5.41) is 10.4. The van der Waals surface area contributed by atoms with E-state index in [1.165, 1.54) is 12.1 Å². The summed E-state index contributed by atoms with van der Waals surface area (Å²) in [7, 11) is 0. The minimum Gasteiger partial charge on any atom is -0.352 e. The van der Waals surface area contributed by atoms with Gasteiger partial charge in [0.1, 0.15) is 5.69 Å². The van der Waals surface area contributed by atoms with Gasteiger partial charge in [-0.25, -0.2) is 8.78 Å². The second-order valence-corrected chi connectivity index (χ2v) is 9.59. The summed E-state index contributed by atoms with van der Waals surface area (Å²) >= 11 is 0. The fraction of sp³-hybridized carbons (Fsp3) is 0.480. The average molecular weight is 507 g/mol. The largest absolute Gasteiger partial charge is 0.416 e. The van der Waals surface area contributed by atoms with Gasteiger partial charge in [-0.2, -0.15) is 13.2 Å². The highest BCUT2D eigenvalue weighted by molar-refractivity contribution is 5.99. The quantitative estimate of drug-likeness (QED) is 0.469. The van der Waals surface area contributed by atoms with E-state index >= 15 is 0 Å². The molecule has 36 heavy (non-hydrogen) atoms. The molecule has 0 bridgehead atoms. The first-order valence-corrected chi connectivity index (χ1v) is 12.0. The van der Waals surface area contributed by atoms with E-state index in [1.807, 2.05) is 0 Å². The van der Waals surface area contributed by atoms with Gasteiger partial charge >= 0.3 is 6.18 Å². The van der Waals surface area contributed by atoms with Crippen molar-refractivity contribution in [1.29, 1.82) is 0 Å². The second-order valence-electron chi connectivity index (χ2n) is 9.59. The first-order chi connectivity index (χ1) is 17.1. The first-order valence-electron chi connectivity index (χ1n) is 12.0. The molecule has 4 heterocycles. The molecule has 0 unspecified atom stereocenters. The highest BCUT2D eigenvalue weighted by Crippen LogP contribution is 2.34. The molecule has 2 fully saturated rings. The number of hydrogen-bond acceptors (Lipinski definition) is 6. The lowest BCUT2D eigenvalue weighted by atomic mass is 10.0. The summed E-state index contributed by atoms with van der Waals surface area (Å²) in [6.45, 7) is 5.68. The van der Waals surface area contributed by atoms with Gasteiger partial charge in [-0.15, -0.1) is 10.2 Å². The lowest BCUT2D eigenvalue weighted by Gasteiger charge is -2.43. The molecule has 1 atom stereocenters. The van der Waals surface area contributed by atoms with Gasteiger partial charge in [0.15, 0.2) is 5.82 Å². The summed E-state index contributed by atoms with van der Waals surface area (Å²) in [5.74, 6) is -1.88. The van der Waals surface area contributed by atoms with Crippen LogP contribution in [0.1, 0.15) is 25.3 Å². The fourth-order valence-corrected chi connectivity index (χ4v) is 4.92. The van der Waals surface area contributed by atoms with E-state index in [4.69, 9.17) is 0 Å². The number of benzene rings is 1. The highest BCUT2D eigenvalue weighted by Gasteiger charge is 2.35. The highest BCUT2D eigenvalue weighted by atomic mass is 19.4. The SMILES string of the molecule is C[C@H]1CN(c2nnc(-c3ccc(C(F)(F)F)cc3)c3ccncc23)CCN1CN1CCC(F)(F)CC1. The van der Waals surface area contributed by atoms with Gasteiger partial charge in [0.05, 0.1) is 12.2 Å². The van der Waals surface area contributed by atoms with Crippen molar-refractivity contribution < 1.29 is 22.0 Å². The van der Waals surface area contributed by atoms with E-state index < -0.39 is 17.7 Å². The van der Waals surface area contributed by atoms with Crippen molar-refractivity contribution in [3.63, 3.8) is 0 Å². The second kappa shape index (κ2) is 9.51. The molecule has 0 amide bonds. The van der Waals surface area contributed by atoms with Crippen molar-refractivity contribution in [2.45, 2.75) is 37.9 Å². The molecule has 2 aliphatic heterocycles. The first kappa shape index (κ1) is 24.8. The summed E-state index contributed by atoms with van der Waals surface area (Å²) in [6, 6.07) is 6.87. The molecule has 6 nitrogen and oxygen atoms in total. The standard InChI is InChI=1S/C25H27F5N6/c1-17-15-35(12-13-36(17)16-34-10-7-24(26,27)8-11-34)23-21-14-31-9-6-20(21)22(32-33-23)18-2-4-19(5-3-18)25(28,29)30/h2-6,9,14,17H,7-8,10-13,15-16H2,1H3/t17-/m0/s1. The molecule has 2 aliphatic rings. The number of halogens is 5. The van der Waals surface area contributed by atoms with Crippen LogP contribution in [-0.4, -0.2) is 76.3 Å². The predicted molar refractivity (Wildman–Crippen MR) is 127 cm³/mol. The van der Waals surface area contributed by atoms with Gasteiger partial charge in [0, 0.05) is 80.3 Å². The van der Waals surface area contributed by atoms with E-state index in [0.717, 1.165) is 29.4 Å². The molecule has 0 aliphatic carbocycles. The van der Waals surface area contributed by atoms with Crippen molar-refractivity contribution in [3.05, 3.63) is 48.3 Å². The molecule has 3 aromatic rings. The molecule has 0 radical (unpaired) electrons. The molecule has 0 spiro atoms. The zero-order chi connectivity index (χ0) is 25.5. The van der Waals surface area contributed by atoms with E-state index in [0.29, 0.717) is 49.9 Å². The number of aromatic nitrogens is 3. The van der Waals surface area contributed by atoms with Crippen molar-refractivity contribution in [3.8, 4) is 11.3 Å². The number of alkyl halides is 5. The minimum atomic E-state index is -4.40. The lowest BCUT2D eigenvalue weighted by Crippen LogP contribution is -2.56. The smallest absolute Gasteiger partial charge is 0.352 e. The Kier molecular flexibility index (Phi) is 6.54. The average Bonchev–Trinajstić information content (AvgIpc) is 2.85. The Morgan fingerprint density at radius 2 is 1.67 bits per heavy atom. The van der Waals surface area contributed by atoms with E-state index in [9.17, 15) is 22.0 Å². The number of anilines is 1. The Morgan fingerprint density at radius 3 is 2.33 bits per heavy atom. The molecule has 0 N–H and O–H groups in total. The van der Waals surface area contributed by atoms with Crippen molar-refractivity contribution >= 4 is 16.6 Å². The summed E-state index contributed by atoms with van der Waals surface area (Å²) in [4.78, 5) is 10.8. The van der Waals surface area contributed by atoms with E-state index in [1.54, 1.807) is 18.5 Å². The van der Waals surface area contributed by atoms with Gasteiger partial charge < -0.3 is 4.90 Å². The maximum Gasteiger partial charge on any atom is 0.416 e. The molecule has 11 heteroatoms. The monoisotopic (exact) mass is 506 g/mol. The van der Waals surface area contributed by atoms with Crippen LogP contribution < -0.4 is 4.90 Å². The Morgan fingerprint density at radius 1 is 0.944 bits per heavy atom. The molecule has 2 aromatic heterocycles. The van der Waals surface area contributed by atoms with Crippen LogP contribution >= 0.6 is 0 Å². The minimum absolute atomic E-state index is 0.0960. The number of hydrogen-bond donors (Lipinski definition) is 0. The molecule has 192 valence electrons. The van der Waals surface area contributed by atoms with Crippen molar-refractivity contribution in [2.24, 2.45) is 0 Å². The number of rotatable bonds is 4. The van der Waals surface area contributed by atoms with Gasteiger partial charge in [0.25, 0.3) is 5.92 Å².